The normalized spacial score (nSPS) is 12.3. The average molecular weight is 341 g/mol. The van der Waals surface area contributed by atoms with Crippen LogP contribution in [-0.2, 0) is 14.8 Å². The van der Waals surface area contributed by atoms with E-state index < -0.39 is 22.5 Å². The summed E-state index contributed by atoms with van der Waals surface area (Å²) in [5.74, 6) is -1.19. The highest BCUT2D eigenvalue weighted by Crippen LogP contribution is 2.31. The van der Waals surface area contributed by atoms with E-state index in [0.717, 1.165) is 15.6 Å². The van der Waals surface area contributed by atoms with Gasteiger partial charge < -0.3 is 10.0 Å². The van der Waals surface area contributed by atoms with Crippen LogP contribution in [0.1, 0.15) is 5.56 Å². The summed E-state index contributed by atoms with van der Waals surface area (Å²) in [6.45, 7) is 1.69. The molecule has 0 fully saturated rings. The molecule has 6 nitrogen and oxygen atoms in total. The number of aryl methyl sites for hydroxylation is 1. The van der Waals surface area contributed by atoms with Crippen LogP contribution in [0, 0.1) is 6.92 Å². The number of hydrogen-bond acceptors (Lipinski definition) is 5. The molecule has 1 aromatic rings. The number of sulfonamides is 1. The monoisotopic (exact) mass is 340 g/mol. The van der Waals surface area contributed by atoms with E-state index in [1.807, 2.05) is 0 Å². The van der Waals surface area contributed by atoms with Gasteiger partial charge in [-0.05, 0) is 32.6 Å². The van der Waals surface area contributed by atoms with Crippen LogP contribution in [0.5, 0.6) is 0 Å². The minimum Gasteiger partial charge on any atom is -0.480 e. The fourth-order valence-corrected chi connectivity index (χ4v) is 4.68. The highest BCUT2D eigenvalue weighted by molar-refractivity contribution is 7.91. The number of aliphatic carboxylic acids is 1. The lowest BCUT2D eigenvalue weighted by Crippen LogP contribution is -2.39. The molecule has 9 heteroatoms. The van der Waals surface area contributed by atoms with Crippen LogP contribution in [0.3, 0.4) is 0 Å². The number of halogens is 1. The quantitative estimate of drug-likeness (QED) is 0.810. The first-order valence-electron chi connectivity index (χ1n) is 5.77. The van der Waals surface area contributed by atoms with Crippen molar-refractivity contribution in [3.63, 3.8) is 0 Å². The number of carboxylic acids is 1. The van der Waals surface area contributed by atoms with Gasteiger partial charge in [0.2, 0.25) is 0 Å². The van der Waals surface area contributed by atoms with E-state index in [-0.39, 0.29) is 10.8 Å². The molecule has 0 aliphatic carbocycles. The number of rotatable bonds is 7. The molecule has 0 saturated carbocycles. The van der Waals surface area contributed by atoms with Gasteiger partial charge in [0.15, 0.2) is 0 Å². The highest BCUT2D eigenvalue weighted by atomic mass is 35.5. The molecule has 1 N–H and O–H groups in total. The van der Waals surface area contributed by atoms with Crippen LogP contribution < -0.4 is 0 Å². The summed E-state index contributed by atoms with van der Waals surface area (Å²) in [5.41, 5.74) is 0.665. The van der Waals surface area contributed by atoms with Crippen LogP contribution in [0.4, 0.5) is 0 Å². The second-order valence-corrected chi connectivity index (χ2v) is 8.38. The zero-order chi connectivity index (χ0) is 15.5. The number of thiophene rings is 1. The Bertz CT molecular complexity index is 564. The fourth-order valence-electron chi connectivity index (χ4n) is 1.43. The molecular weight excluding hydrogens is 324 g/mol. The summed E-state index contributed by atoms with van der Waals surface area (Å²) in [6.07, 6.45) is 0. The Hall–Kier alpha value is -0.670. The van der Waals surface area contributed by atoms with Gasteiger partial charge in [0.1, 0.15) is 10.8 Å². The van der Waals surface area contributed by atoms with E-state index in [9.17, 15) is 13.2 Å². The Labute approximate surface area is 127 Å². The van der Waals surface area contributed by atoms with Gasteiger partial charge in [-0.2, -0.15) is 4.31 Å². The van der Waals surface area contributed by atoms with Crippen molar-refractivity contribution >= 4 is 38.9 Å². The largest absolute Gasteiger partial charge is 0.480 e. The van der Waals surface area contributed by atoms with Crippen LogP contribution in [-0.4, -0.2) is 62.4 Å². The third kappa shape index (κ3) is 4.42. The van der Waals surface area contributed by atoms with Crippen molar-refractivity contribution in [2.24, 2.45) is 0 Å². The number of carbonyl (C=O) groups is 1. The molecule has 0 aromatic carbocycles. The van der Waals surface area contributed by atoms with E-state index in [4.69, 9.17) is 16.7 Å². The van der Waals surface area contributed by atoms with E-state index >= 15 is 0 Å². The van der Waals surface area contributed by atoms with Gasteiger partial charge >= 0.3 is 5.97 Å². The number of hydrogen-bond donors (Lipinski definition) is 1. The Morgan fingerprint density at radius 2 is 2.00 bits per heavy atom. The Balaban J connectivity index is 3.06. The van der Waals surface area contributed by atoms with Gasteiger partial charge in [-0.25, -0.2) is 8.42 Å². The zero-order valence-corrected chi connectivity index (χ0v) is 13.8. The van der Waals surface area contributed by atoms with Crippen molar-refractivity contribution in [1.29, 1.82) is 0 Å². The fraction of sp³-hybridized carbons (Fsp3) is 0.545. The topological polar surface area (TPSA) is 77.9 Å². The molecule has 0 unspecified atom stereocenters. The summed E-state index contributed by atoms with van der Waals surface area (Å²) in [7, 11) is -0.255. The predicted molar refractivity (Wildman–Crippen MR) is 79.0 cm³/mol. The van der Waals surface area contributed by atoms with Gasteiger partial charge in [-0.1, -0.05) is 11.6 Å². The molecule has 0 radical (unpaired) electrons. The molecule has 0 aliphatic rings. The molecule has 1 aromatic heterocycles. The van der Waals surface area contributed by atoms with Crippen molar-refractivity contribution in [3.05, 3.63) is 16.0 Å². The van der Waals surface area contributed by atoms with Crippen molar-refractivity contribution in [3.8, 4) is 0 Å². The van der Waals surface area contributed by atoms with Crippen molar-refractivity contribution in [2.75, 3.05) is 33.7 Å². The third-order valence-corrected chi connectivity index (χ3v) is 6.39. The molecule has 1 rings (SSSR count). The number of likely N-dealkylation sites (N-methyl/N-ethyl adjacent to an activating group) is 1. The Morgan fingerprint density at radius 3 is 2.40 bits per heavy atom. The zero-order valence-electron chi connectivity index (χ0n) is 11.5. The van der Waals surface area contributed by atoms with Gasteiger partial charge in [0, 0.05) is 13.1 Å². The Kier molecular flexibility index (Phi) is 5.96. The second-order valence-electron chi connectivity index (χ2n) is 4.56. The molecule has 1 heterocycles. The van der Waals surface area contributed by atoms with Crippen LogP contribution >= 0.6 is 22.9 Å². The molecule has 0 saturated heterocycles. The van der Waals surface area contributed by atoms with Crippen LogP contribution in [0.25, 0.3) is 0 Å². The SMILES string of the molecule is Cc1cc(S(=O)(=O)N(CCN(C)C)CC(=O)O)sc1Cl. The van der Waals surface area contributed by atoms with Crippen LogP contribution in [0.2, 0.25) is 4.34 Å². The van der Waals surface area contributed by atoms with E-state index in [0.29, 0.717) is 16.4 Å². The predicted octanol–water partition coefficient (Wildman–Crippen LogP) is 1.35. The molecular formula is C11H17ClN2O4S2. The lowest BCUT2D eigenvalue weighted by Gasteiger charge is -2.21. The summed E-state index contributed by atoms with van der Waals surface area (Å²) in [4.78, 5) is 12.7. The molecule has 0 aliphatic heterocycles. The smallest absolute Gasteiger partial charge is 0.318 e. The molecule has 0 atom stereocenters. The van der Waals surface area contributed by atoms with Gasteiger partial charge in [-0.3, -0.25) is 4.79 Å². The molecule has 0 amide bonds. The first-order valence-corrected chi connectivity index (χ1v) is 8.40. The van der Waals surface area contributed by atoms with Crippen molar-refractivity contribution < 1.29 is 18.3 Å². The molecule has 20 heavy (non-hydrogen) atoms. The highest BCUT2D eigenvalue weighted by Gasteiger charge is 2.28. The van der Waals surface area contributed by atoms with E-state index in [1.54, 1.807) is 25.9 Å². The van der Waals surface area contributed by atoms with Crippen molar-refractivity contribution in [2.45, 2.75) is 11.1 Å². The van der Waals surface area contributed by atoms with Crippen LogP contribution in [0.15, 0.2) is 10.3 Å². The first-order chi connectivity index (χ1) is 9.14. The summed E-state index contributed by atoms with van der Waals surface area (Å²) in [5, 5.41) is 8.88. The van der Waals surface area contributed by atoms with Gasteiger partial charge in [0.05, 0.1) is 4.34 Å². The van der Waals surface area contributed by atoms with E-state index in [2.05, 4.69) is 0 Å². The maximum atomic E-state index is 12.4. The summed E-state index contributed by atoms with van der Waals surface area (Å²) < 4.78 is 26.3. The lowest BCUT2D eigenvalue weighted by molar-refractivity contribution is -0.137. The maximum absolute atomic E-state index is 12.4. The van der Waals surface area contributed by atoms with Gasteiger partial charge in [0.25, 0.3) is 10.0 Å². The van der Waals surface area contributed by atoms with Gasteiger partial charge in [-0.15, -0.1) is 11.3 Å². The average Bonchev–Trinajstić information content (AvgIpc) is 2.65. The lowest BCUT2D eigenvalue weighted by atomic mass is 10.4. The molecule has 114 valence electrons. The van der Waals surface area contributed by atoms with Crippen molar-refractivity contribution in [1.82, 2.24) is 9.21 Å². The number of carboxylic acid groups (broad SMARTS) is 1. The minimum absolute atomic E-state index is 0.0695. The van der Waals surface area contributed by atoms with E-state index in [1.165, 1.54) is 6.07 Å². The Morgan fingerprint density at radius 1 is 1.40 bits per heavy atom. The second kappa shape index (κ2) is 6.86. The molecule has 0 spiro atoms. The molecule has 0 bridgehead atoms. The first kappa shape index (κ1) is 17.4. The summed E-state index contributed by atoms with van der Waals surface area (Å²) >= 11 is 6.82. The third-order valence-electron chi connectivity index (χ3n) is 2.54. The standard InChI is InChI=1S/C11H17ClN2O4S2/c1-8-6-10(19-11(8)12)20(17,18)14(7-9(15)16)5-4-13(2)3/h6H,4-5,7H2,1-3H3,(H,15,16). The number of nitrogens with zero attached hydrogens (tertiary/aromatic N) is 2. The maximum Gasteiger partial charge on any atom is 0.318 e. The summed E-state index contributed by atoms with van der Waals surface area (Å²) in [6, 6.07) is 1.47. The minimum atomic E-state index is -3.83.